The van der Waals surface area contributed by atoms with Crippen LogP contribution in [0.25, 0.3) is 43.7 Å². The fraction of sp³-hybridized carbons (Fsp3) is 0.0417. The van der Waals surface area contributed by atoms with Crippen LogP contribution in [0, 0.1) is 6.92 Å². The molecular formula is C24H17N. The molecule has 5 aromatic rings. The summed E-state index contributed by atoms with van der Waals surface area (Å²) >= 11 is 0. The van der Waals surface area contributed by atoms with Crippen LogP contribution < -0.4 is 0 Å². The van der Waals surface area contributed by atoms with Gasteiger partial charge in [0.1, 0.15) is 0 Å². The van der Waals surface area contributed by atoms with E-state index in [1.807, 2.05) is 6.07 Å². The molecule has 1 aromatic heterocycles. The SMILES string of the molecule is Cc1c2ccc(-c3ccccc3)cc2nc2c1ccc1ccccc12. The normalized spacial score (nSPS) is 11.4. The lowest BCUT2D eigenvalue weighted by atomic mass is 9.97. The zero-order valence-electron chi connectivity index (χ0n) is 14.0. The third-order valence-corrected chi connectivity index (χ3v) is 5.05. The molecule has 4 aromatic carbocycles. The number of benzene rings is 4. The summed E-state index contributed by atoms with van der Waals surface area (Å²) in [6.07, 6.45) is 0. The molecule has 0 unspecified atom stereocenters. The molecule has 1 heteroatoms. The molecule has 5 rings (SSSR count). The van der Waals surface area contributed by atoms with E-state index < -0.39 is 0 Å². The average Bonchev–Trinajstić information content (AvgIpc) is 2.68. The molecule has 0 saturated carbocycles. The van der Waals surface area contributed by atoms with Gasteiger partial charge in [0.25, 0.3) is 0 Å². The molecule has 0 N–H and O–H groups in total. The van der Waals surface area contributed by atoms with Crippen molar-refractivity contribution in [3.63, 3.8) is 0 Å². The summed E-state index contributed by atoms with van der Waals surface area (Å²) in [5.41, 5.74) is 5.88. The van der Waals surface area contributed by atoms with Crippen molar-refractivity contribution >= 4 is 32.6 Å². The summed E-state index contributed by atoms with van der Waals surface area (Å²) in [6.45, 7) is 2.20. The van der Waals surface area contributed by atoms with Gasteiger partial charge in [-0.2, -0.15) is 0 Å². The topological polar surface area (TPSA) is 12.9 Å². The molecule has 25 heavy (non-hydrogen) atoms. The number of nitrogens with zero attached hydrogens (tertiary/aromatic N) is 1. The number of hydrogen-bond donors (Lipinski definition) is 0. The highest BCUT2D eigenvalue weighted by Gasteiger charge is 2.09. The van der Waals surface area contributed by atoms with E-state index in [2.05, 4.69) is 85.8 Å². The molecule has 0 bridgehead atoms. The van der Waals surface area contributed by atoms with Gasteiger partial charge in [0.2, 0.25) is 0 Å². The summed E-state index contributed by atoms with van der Waals surface area (Å²) in [7, 11) is 0. The van der Waals surface area contributed by atoms with Crippen molar-refractivity contribution in [2.45, 2.75) is 6.92 Å². The molecule has 0 aliphatic heterocycles. The fourth-order valence-corrected chi connectivity index (χ4v) is 3.70. The molecule has 0 aliphatic carbocycles. The predicted molar refractivity (Wildman–Crippen MR) is 107 cm³/mol. The first-order chi connectivity index (χ1) is 12.3. The van der Waals surface area contributed by atoms with Crippen LogP contribution in [0.3, 0.4) is 0 Å². The van der Waals surface area contributed by atoms with E-state index in [1.54, 1.807) is 0 Å². The van der Waals surface area contributed by atoms with Gasteiger partial charge in [0.05, 0.1) is 11.0 Å². The fourth-order valence-electron chi connectivity index (χ4n) is 3.70. The monoisotopic (exact) mass is 319 g/mol. The molecule has 1 nitrogen and oxygen atoms in total. The maximum absolute atomic E-state index is 5.05. The van der Waals surface area contributed by atoms with E-state index in [0.29, 0.717) is 0 Å². The van der Waals surface area contributed by atoms with Crippen LogP contribution in [0.15, 0.2) is 84.9 Å². The largest absolute Gasteiger partial charge is 0.247 e. The smallest absolute Gasteiger partial charge is 0.0790 e. The van der Waals surface area contributed by atoms with Crippen molar-refractivity contribution in [3.05, 3.63) is 90.5 Å². The number of rotatable bonds is 1. The first kappa shape index (κ1) is 14.2. The van der Waals surface area contributed by atoms with Crippen LogP contribution in [0.1, 0.15) is 5.56 Å². The zero-order chi connectivity index (χ0) is 16.8. The highest BCUT2D eigenvalue weighted by Crippen LogP contribution is 2.32. The molecule has 0 atom stereocenters. The van der Waals surface area contributed by atoms with Gasteiger partial charge in [0, 0.05) is 16.2 Å². The molecule has 0 radical (unpaired) electrons. The number of fused-ring (bicyclic) bond motifs is 4. The van der Waals surface area contributed by atoms with Gasteiger partial charge in [-0.25, -0.2) is 4.98 Å². The Morgan fingerprint density at radius 2 is 1.36 bits per heavy atom. The van der Waals surface area contributed by atoms with Crippen LogP contribution in [0.4, 0.5) is 0 Å². The Morgan fingerprint density at radius 1 is 0.600 bits per heavy atom. The molecule has 0 saturated heterocycles. The maximum atomic E-state index is 5.05. The van der Waals surface area contributed by atoms with Crippen molar-refractivity contribution in [1.82, 2.24) is 4.98 Å². The molecule has 118 valence electrons. The minimum absolute atomic E-state index is 1.06. The summed E-state index contributed by atoms with van der Waals surface area (Å²) in [4.78, 5) is 5.05. The van der Waals surface area contributed by atoms with Gasteiger partial charge in [-0.1, -0.05) is 78.9 Å². The van der Waals surface area contributed by atoms with E-state index in [0.717, 1.165) is 11.0 Å². The lowest BCUT2D eigenvalue weighted by Crippen LogP contribution is -1.90. The maximum Gasteiger partial charge on any atom is 0.0790 e. The van der Waals surface area contributed by atoms with Crippen LogP contribution in [0.2, 0.25) is 0 Å². The van der Waals surface area contributed by atoms with Crippen molar-refractivity contribution in [3.8, 4) is 11.1 Å². The quantitative estimate of drug-likeness (QED) is 0.253. The molecular weight excluding hydrogens is 302 g/mol. The van der Waals surface area contributed by atoms with Gasteiger partial charge in [0.15, 0.2) is 0 Å². The zero-order valence-corrected chi connectivity index (χ0v) is 14.0. The minimum Gasteiger partial charge on any atom is -0.247 e. The van der Waals surface area contributed by atoms with Gasteiger partial charge in [-0.3, -0.25) is 0 Å². The van der Waals surface area contributed by atoms with Crippen molar-refractivity contribution in [2.75, 3.05) is 0 Å². The standard InChI is InChI=1S/C24H17N/c1-16-20-13-12-19(17-7-3-2-4-8-17)15-23(20)25-24-21(16)14-11-18-9-5-6-10-22(18)24/h2-15H,1H3. The van der Waals surface area contributed by atoms with E-state index in [9.17, 15) is 0 Å². The second kappa shape index (κ2) is 5.42. The third kappa shape index (κ3) is 2.20. The Labute approximate surface area is 146 Å². The Kier molecular flexibility index (Phi) is 3.07. The number of pyridine rings is 1. The van der Waals surface area contributed by atoms with E-state index in [-0.39, 0.29) is 0 Å². The van der Waals surface area contributed by atoms with E-state index in [4.69, 9.17) is 4.98 Å². The average molecular weight is 319 g/mol. The summed E-state index contributed by atoms with van der Waals surface area (Å²) in [6, 6.07) is 30.0. The second-order valence-corrected chi connectivity index (χ2v) is 6.52. The molecule has 0 fully saturated rings. The van der Waals surface area contributed by atoms with Crippen molar-refractivity contribution in [1.29, 1.82) is 0 Å². The highest BCUT2D eigenvalue weighted by atomic mass is 14.7. The third-order valence-electron chi connectivity index (χ3n) is 5.05. The summed E-state index contributed by atoms with van der Waals surface area (Å²) in [5, 5.41) is 4.91. The number of aromatic nitrogens is 1. The van der Waals surface area contributed by atoms with Crippen LogP contribution in [-0.2, 0) is 0 Å². The van der Waals surface area contributed by atoms with Gasteiger partial charge in [-0.05, 0) is 35.1 Å². The highest BCUT2D eigenvalue weighted by molar-refractivity contribution is 6.10. The second-order valence-electron chi connectivity index (χ2n) is 6.52. The molecule has 0 amide bonds. The molecule has 1 heterocycles. The van der Waals surface area contributed by atoms with Crippen molar-refractivity contribution < 1.29 is 0 Å². The van der Waals surface area contributed by atoms with E-state index in [1.165, 1.54) is 38.2 Å². The van der Waals surface area contributed by atoms with Crippen LogP contribution in [0.5, 0.6) is 0 Å². The Morgan fingerprint density at radius 3 is 2.24 bits per heavy atom. The first-order valence-corrected chi connectivity index (χ1v) is 8.58. The van der Waals surface area contributed by atoms with Crippen molar-refractivity contribution in [2.24, 2.45) is 0 Å². The molecule has 0 spiro atoms. The lowest BCUT2D eigenvalue weighted by Gasteiger charge is -2.11. The van der Waals surface area contributed by atoms with Crippen LogP contribution in [-0.4, -0.2) is 4.98 Å². The number of aryl methyl sites for hydroxylation is 1. The van der Waals surface area contributed by atoms with Crippen LogP contribution >= 0.6 is 0 Å². The Hall–Kier alpha value is -3.19. The Balaban J connectivity index is 1.87. The number of hydrogen-bond acceptors (Lipinski definition) is 1. The predicted octanol–water partition coefficient (Wildman–Crippen LogP) is 6.52. The first-order valence-electron chi connectivity index (χ1n) is 8.58. The minimum atomic E-state index is 1.06. The summed E-state index contributed by atoms with van der Waals surface area (Å²) < 4.78 is 0. The van der Waals surface area contributed by atoms with E-state index >= 15 is 0 Å². The van der Waals surface area contributed by atoms with Gasteiger partial charge >= 0.3 is 0 Å². The van der Waals surface area contributed by atoms with Gasteiger partial charge < -0.3 is 0 Å². The Bertz CT molecular complexity index is 1240. The summed E-state index contributed by atoms with van der Waals surface area (Å²) in [5.74, 6) is 0. The van der Waals surface area contributed by atoms with Gasteiger partial charge in [-0.15, -0.1) is 0 Å². The lowest BCUT2D eigenvalue weighted by molar-refractivity contribution is 1.47. The molecule has 0 aliphatic rings.